The molecule has 13 heteroatoms. The van der Waals surface area contributed by atoms with E-state index in [1.807, 2.05) is 0 Å². The van der Waals surface area contributed by atoms with Crippen molar-refractivity contribution < 1.29 is 58.8 Å². The fourth-order valence-corrected chi connectivity index (χ4v) is 4.35. The van der Waals surface area contributed by atoms with Crippen LogP contribution in [0.5, 0.6) is 0 Å². The van der Waals surface area contributed by atoms with Crippen molar-refractivity contribution in [3.63, 3.8) is 0 Å². The molecule has 33 heavy (non-hydrogen) atoms. The number of rotatable bonds is 11. The molecule has 0 aliphatic carbocycles. The van der Waals surface area contributed by atoms with E-state index in [1.165, 1.54) is 21.1 Å². The van der Waals surface area contributed by atoms with Crippen LogP contribution in [0.4, 0.5) is 0 Å². The number of aliphatic carboxylic acids is 1. The largest absolute Gasteiger partial charge is 0.479 e. The first-order valence-electron chi connectivity index (χ1n) is 10.7. The second-order valence-corrected chi connectivity index (χ2v) is 8.30. The standard InChI is InChI=1S/C20H35NO12/c1-9(23)21-15-10(5-29-2)16(24)12(4-22)32-13(15)8-31-6-11-17(25)18(26)14(7-30-3)33-19(11)20(27)28/h10-19,22,24-26H,4-8H2,1-3H3,(H,21,23)(H,27,28)/t10-,11-,12?,13-,14-,15?,16+,17-,18?,19?/m0/s1. The van der Waals surface area contributed by atoms with Crippen molar-refractivity contribution in [1.82, 2.24) is 5.32 Å². The topological polar surface area (TPSA) is 193 Å². The molecular weight excluding hydrogens is 446 g/mol. The number of carbonyl (C=O) groups excluding carboxylic acids is 1. The smallest absolute Gasteiger partial charge is 0.333 e. The minimum atomic E-state index is -1.45. The number of carbonyl (C=O) groups is 2. The molecule has 2 heterocycles. The Balaban J connectivity index is 2.11. The van der Waals surface area contributed by atoms with Gasteiger partial charge >= 0.3 is 5.97 Å². The summed E-state index contributed by atoms with van der Waals surface area (Å²) >= 11 is 0. The van der Waals surface area contributed by atoms with Crippen LogP contribution in [-0.2, 0) is 33.3 Å². The Hall–Kier alpha value is -1.42. The van der Waals surface area contributed by atoms with Crippen LogP contribution in [0.3, 0.4) is 0 Å². The predicted molar refractivity (Wildman–Crippen MR) is 109 cm³/mol. The van der Waals surface area contributed by atoms with Crippen LogP contribution in [0.15, 0.2) is 0 Å². The van der Waals surface area contributed by atoms with Crippen molar-refractivity contribution in [2.24, 2.45) is 11.8 Å². The van der Waals surface area contributed by atoms with Gasteiger partial charge in [0.05, 0.1) is 51.3 Å². The van der Waals surface area contributed by atoms with Gasteiger partial charge < -0.3 is 54.5 Å². The molecular formula is C20H35NO12. The van der Waals surface area contributed by atoms with Gasteiger partial charge in [-0.05, 0) is 0 Å². The van der Waals surface area contributed by atoms with E-state index in [0.717, 1.165) is 0 Å². The first-order valence-corrected chi connectivity index (χ1v) is 10.7. The van der Waals surface area contributed by atoms with Gasteiger partial charge in [0.1, 0.15) is 24.4 Å². The minimum Gasteiger partial charge on any atom is -0.479 e. The Morgan fingerprint density at radius 2 is 1.52 bits per heavy atom. The average Bonchev–Trinajstić information content (AvgIpc) is 2.76. The number of aliphatic hydroxyl groups is 4. The summed E-state index contributed by atoms with van der Waals surface area (Å²) in [5.41, 5.74) is 0. The third-order valence-electron chi connectivity index (χ3n) is 5.99. The van der Waals surface area contributed by atoms with Gasteiger partial charge in [0.2, 0.25) is 5.91 Å². The lowest BCUT2D eigenvalue weighted by molar-refractivity contribution is -0.231. The number of nitrogens with one attached hydrogen (secondary N) is 1. The maximum absolute atomic E-state index is 11.7. The summed E-state index contributed by atoms with van der Waals surface area (Å²) in [6.45, 7) is 0.331. The summed E-state index contributed by atoms with van der Waals surface area (Å²) in [5, 5.41) is 53.1. The highest BCUT2D eigenvalue weighted by Crippen LogP contribution is 2.29. The molecule has 2 fully saturated rings. The fourth-order valence-electron chi connectivity index (χ4n) is 4.35. The summed E-state index contributed by atoms with van der Waals surface area (Å²) in [5.74, 6) is -3.41. The van der Waals surface area contributed by atoms with E-state index in [-0.39, 0.29) is 32.3 Å². The molecule has 2 aliphatic rings. The van der Waals surface area contributed by atoms with Crippen molar-refractivity contribution in [3.8, 4) is 0 Å². The molecule has 0 saturated carbocycles. The van der Waals surface area contributed by atoms with Gasteiger partial charge in [-0.2, -0.15) is 0 Å². The molecule has 1 amide bonds. The van der Waals surface area contributed by atoms with Crippen molar-refractivity contribution in [3.05, 3.63) is 0 Å². The van der Waals surface area contributed by atoms with Gasteiger partial charge in [0, 0.05) is 33.0 Å². The van der Waals surface area contributed by atoms with Gasteiger partial charge in [-0.25, -0.2) is 4.79 Å². The molecule has 192 valence electrons. The number of carboxylic acid groups (broad SMARTS) is 1. The predicted octanol–water partition coefficient (Wildman–Crippen LogP) is -3.27. The number of amides is 1. The quantitative estimate of drug-likeness (QED) is 0.173. The summed E-state index contributed by atoms with van der Waals surface area (Å²) < 4.78 is 26.8. The second-order valence-electron chi connectivity index (χ2n) is 8.30. The summed E-state index contributed by atoms with van der Waals surface area (Å²) in [4.78, 5) is 23.4. The zero-order valence-electron chi connectivity index (χ0n) is 18.9. The van der Waals surface area contributed by atoms with Crippen LogP contribution in [-0.4, -0.2) is 133 Å². The molecule has 4 unspecified atom stereocenters. The van der Waals surface area contributed by atoms with Crippen LogP contribution in [0.25, 0.3) is 0 Å². The molecule has 2 saturated heterocycles. The van der Waals surface area contributed by atoms with E-state index in [2.05, 4.69) is 5.32 Å². The molecule has 2 rings (SSSR count). The lowest BCUT2D eigenvalue weighted by Gasteiger charge is -2.45. The van der Waals surface area contributed by atoms with E-state index in [4.69, 9.17) is 23.7 Å². The van der Waals surface area contributed by atoms with Crippen LogP contribution in [0.1, 0.15) is 6.92 Å². The number of ether oxygens (including phenoxy) is 5. The first kappa shape index (κ1) is 27.8. The molecule has 0 spiro atoms. The lowest BCUT2D eigenvalue weighted by Crippen LogP contribution is -2.63. The summed E-state index contributed by atoms with van der Waals surface area (Å²) in [7, 11) is 2.79. The van der Waals surface area contributed by atoms with E-state index < -0.39 is 73.2 Å². The molecule has 13 nitrogen and oxygen atoms in total. The number of hydrogen-bond acceptors (Lipinski definition) is 11. The Bertz CT molecular complexity index is 636. The first-order chi connectivity index (χ1) is 15.7. The molecule has 0 aromatic heterocycles. The van der Waals surface area contributed by atoms with E-state index >= 15 is 0 Å². The maximum atomic E-state index is 11.7. The highest BCUT2D eigenvalue weighted by molar-refractivity contribution is 5.73. The zero-order valence-corrected chi connectivity index (χ0v) is 18.9. The molecule has 6 N–H and O–H groups in total. The third-order valence-corrected chi connectivity index (χ3v) is 5.99. The molecule has 2 aliphatic heterocycles. The normalized spacial score (nSPS) is 39.2. The highest BCUT2D eigenvalue weighted by atomic mass is 16.6. The second kappa shape index (κ2) is 12.9. The van der Waals surface area contributed by atoms with Crippen molar-refractivity contribution in [1.29, 1.82) is 0 Å². The molecule has 0 aromatic rings. The molecule has 10 atom stereocenters. The average molecular weight is 481 g/mol. The molecule has 0 aromatic carbocycles. The maximum Gasteiger partial charge on any atom is 0.333 e. The number of hydrogen-bond donors (Lipinski definition) is 6. The minimum absolute atomic E-state index is 0.0752. The molecule has 0 radical (unpaired) electrons. The van der Waals surface area contributed by atoms with Crippen LogP contribution >= 0.6 is 0 Å². The number of aliphatic hydroxyl groups excluding tert-OH is 4. The number of methoxy groups -OCH3 is 2. The van der Waals surface area contributed by atoms with Gasteiger partial charge in [-0.15, -0.1) is 0 Å². The van der Waals surface area contributed by atoms with Gasteiger partial charge in [-0.1, -0.05) is 0 Å². The van der Waals surface area contributed by atoms with Gasteiger partial charge in [-0.3, -0.25) is 4.79 Å². The Morgan fingerprint density at radius 3 is 2.06 bits per heavy atom. The Labute approximate surface area is 191 Å². The van der Waals surface area contributed by atoms with Crippen molar-refractivity contribution in [2.75, 3.05) is 47.3 Å². The van der Waals surface area contributed by atoms with Crippen molar-refractivity contribution >= 4 is 11.9 Å². The highest BCUT2D eigenvalue weighted by Gasteiger charge is 2.49. The van der Waals surface area contributed by atoms with E-state index in [0.29, 0.717) is 0 Å². The monoisotopic (exact) mass is 481 g/mol. The zero-order chi connectivity index (χ0) is 24.7. The van der Waals surface area contributed by atoms with E-state index in [9.17, 15) is 35.1 Å². The lowest BCUT2D eigenvalue weighted by atomic mass is 9.84. The molecule has 0 bridgehead atoms. The van der Waals surface area contributed by atoms with Crippen LogP contribution in [0, 0.1) is 11.8 Å². The SMILES string of the molecule is COC[C@@H]1OC(C(=O)O)[C@@H](COC[C@@H]2OC(CO)[C@H](O)[C@@H](COC)C2NC(C)=O)[C@H](O)C1O. The van der Waals surface area contributed by atoms with Crippen LogP contribution in [0.2, 0.25) is 0 Å². The van der Waals surface area contributed by atoms with Gasteiger partial charge in [0.15, 0.2) is 6.10 Å². The van der Waals surface area contributed by atoms with Crippen molar-refractivity contribution in [2.45, 2.75) is 55.7 Å². The number of carboxylic acids is 1. The third kappa shape index (κ3) is 6.81. The summed E-state index contributed by atoms with van der Waals surface area (Å²) in [6.07, 6.45) is -8.17. The van der Waals surface area contributed by atoms with E-state index in [1.54, 1.807) is 0 Å². The Kier molecular flexibility index (Phi) is 10.9. The Morgan fingerprint density at radius 1 is 0.848 bits per heavy atom. The summed E-state index contributed by atoms with van der Waals surface area (Å²) in [6, 6.07) is -0.722. The van der Waals surface area contributed by atoms with Gasteiger partial charge in [0.25, 0.3) is 0 Å². The fraction of sp³-hybridized carbons (Fsp3) is 0.900. The van der Waals surface area contributed by atoms with Crippen LogP contribution < -0.4 is 5.32 Å².